The third-order valence-corrected chi connectivity index (χ3v) is 3.89. The first-order chi connectivity index (χ1) is 14.6. The lowest BCUT2D eigenvalue weighted by molar-refractivity contribution is -0.274. The van der Waals surface area contributed by atoms with Crippen LogP contribution in [0.4, 0.5) is 18.9 Å². The summed E-state index contributed by atoms with van der Waals surface area (Å²) in [6.45, 7) is 4.52. The molecule has 1 aromatic carbocycles. The van der Waals surface area contributed by atoms with Crippen LogP contribution in [-0.2, 0) is 6.54 Å². The summed E-state index contributed by atoms with van der Waals surface area (Å²) in [5.41, 5.74) is 6.96. The van der Waals surface area contributed by atoms with Crippen LogP contribution < -0.4 is 25.8 Å². The first-order valence-corrected chi connectivity index (χ1v) is 9.31. The van der Waals surface area contributed by atoms with Crippen LogP contribution in [0.5, 0.6) is 11.5 Å². The van der Waals surface area contributed by atoms with Crippen molar-refractivity contribution < 1.29 is 27.4 Å². The van der Waals surface area contributed by atoms with Gasteiger partial charge in [0.25, 0.3) is 5.91 Å². The zero-order valence-electron chi connectivity index (χ0n) is 17.3. The van der Waals surface area contributed by atoms with E-state index in [9.17, 15) is 18.0 Å². The Hall–Kier alpha value is -3.50. The number of ether oxygens (including phenoxy) is 2. The molecule has 2 rings (SSSR count). The molecule has 0 aliphatic heterocycles. The maximum absolute atomic E-state index is 12.7. The van der Waals surface area contributed by atoms with Crippen molar-refractivity contribution in [2.45, 2.75) is 26.8 Å². The number of rotatable bonds is 8. The van der Waals surface area contributed by atoms with Gasteiger partial charge in [0, 0.05) is 30.9 Å². The second-order valence-corrected chi connectivity index (χ2v) is 6.87. The van der Waals surface area contributed by atoms with E-state index in [0.717, 1.165) is 12.1 Å². The number of carbonyl (C=O) groups is 1. The third-order valence-electron chi connectivity index (χ3n) is 3.89. The number of benzene rings is 1. The lowest BCUT2D eigenvalue weighted by Crippen LogP contribution is -2.28. The minimum Gasteiger partial charge on any atom is -0.496 e. The fourth-order valence-electron chi connectivity index (χ4n) is 2.49. The molecule has 0 radical (unpaired) electrons. The van der Waals surface area contributed by atoms with Gasteiger partial charge in [0.15, 0.2) is 5.96 Å². The summed E-state index contributed by atoms with van der Waals surface area (Å²) in [7, 11) is 1.31. The molecule has 0 unspecified atom stereocenters. The largest absolute Gasteiger partial charge is 0.573 e. The molecule has 1 heterocycles. The van der Waals surface area contributed by atoms with Gasteiger partial charge in [0.05, 0.1) is 24.6 Å². The van der Waals surface area contributed by atoms with Crippen molar-refractivity contribution in [1.29, 1.82) is 0 Å². The van der Waals surface area contributed by atoms with Crippen molar-refractivity contribution in [2.24, 2.45) is 16.6 Å². The Labute approximate surface area is 177 Å². The van der Waals surface area contributed by atoms with Crippen LogP contribution in [0, 0.1) is 5.92 Å². The van der Waals surface area contributed by atoms with E-state index in [1.165, 1.54) is 31.6 Å². The number of amides is 1. The van der Waals surface area contributed by atoms with Crippen molar-refractivity contribution in [3.05, 3.63) is 47.8 Å². The van der Waals surface area contributed by atoms with E-state index in [2.05, 4.69) is 25.3 Å². The van der Waals surface area contributed by atoms with Crippen LogP contribution >= 0.6 is 0 Å². The number of aliphatic imine (C=N–C) groups is 1. The minimum absolute atomic E-state index is 0.00693. The van der Waals surface area contributed by atoms with Crippen molar-refractivity contribution in [3.8, 4) is 11.5 Å². The molecule has 0 atom stereocenters. The predicted molar refractivity (Wildman–Crippen MR) is 110 cm³/mol. The standard InChI is InChI=1S/C20H24F3N5O3/c1-12(2)9-27-19(24)28-16-11-25-7-6-15(16)18(29)26-10-13-4-5-14(8-17(13)30-3)31-20(21,22)23/h4-8,11-12H,9-10H2,1-3H3,(H,26,29)(H3,24,27,28). The Bertz CT molecular complexity index is 933. The van der Waals surface area contributed by atoms with Crippen LogP contribution in [0.15, 0.2) is 41.7 Å². The predicted octanol–water partition coefficient (Wildman–Crippen LogP) is 3.30. The van der Waals surface area contributed by atoms with Gasteiger partial charge in [0.1, 0.15) is 11.5 Å². The van der Waals surface area contributed by atoms with Gasteiger partial charge >= 0.3 is 6.36 Å². The molecule has 8 nitrogen and oxygen atoms in total. The summed E-state index contributed by atoms with van der Waals surface area (Å²) in [5, 5.41) is 5.54. The van der Waals surface area contributed by atoms with E-state index in [1.54, 1.807) is 0 Å². The van der Waals surface area contributed by atoms with Crippen LogP contribution in [0.2, 0.25) is 0 Å². The van der Waals surface area contributed by atoms with E-state index < -0.39 is 18.0 Å². The molecular weight excluding hydrogens is 415 g/mol. The van der Waals surface area contributed by atoms with Gasteiger partial charge in [-0.15, -0.1) is 13.2 Å². The van der Waals surface area contributed by atoms with E-state index in [4.69, 9.17) is 10.5 Å². The van der Waals surface area contributed by atoms with E-state index in [0.29, 0.717) is 23.7 Å². The van der Waals surface area contributed by atoms with Gasteiger partial charge in [-0.1, -0.05) is 13.8 Å². The number of nitrogens with zero attached hydrogens (tertiary/aromatic N) is 2. The lowest BCUT2D eigenvalue weighted by atomic mass is 10.1. The number of guanidine groups is 1. The first-order valence-electron chi connectivity index (χ1n) is 9.31. The van der Waals surface area contributed by atoms with Gasteiger partial charge in [-0.2, -0.15) is 0 Å². The number of pyridine rings is 1. The molecule has 1 aromatic heterocycles. The molecular formula is C20H24F3N5O3. The van der Waals surface area contributed by atoms with Crippen molar-refractivity contribution in [3.63, 3.8) is 0 Å². The van der Waals surface area contributed by atoms with E-state index in [1.807, 2.05) is 13.8 Å². The van der Waals surface area contributed by atoms with Crippen molar-refractivity contribution >= 4 is 17.6 Å². The maximum atomic E-state index is 12.7. The molecule has 31 heavy (non-hydrogen) atoms. The fraction of sp³-hybridized carbons (Fsp3) is 0.350. The average molecular weight is 439 g/mol. The average Bonchev–Trinajstić information content (AvgIpc) is 2.70. The summed E-state index contributed by atoms with van der Waals surface area (Å²) in [6.07, 6.45) is -1.92. The van der Waals surface area contributed by atoms with Crippen LogP contribution in [0.25, 0.3) is 0 Å². The number of anilines is 1. The molecule has 1 amide bonds. The van der Waals surface area contributed by atoms with Crippen molar-refractivity contribution in [2.75, 3.05) is 19.0 Å². The number of hydrogen-bond acceptors (Lipinski definition) is 5. The zero-order chi connectivity index (χ0) is 23.0. The summed E-state index contributed by atoms with van der Waals surface area (Å²) in [5.74, 6) is -0.256. The number of alkyl halides is 3. The number of nitrogens with two attached hydrogens (primary N) is 1. The van der Waals surface area contributed by atoms with Crippen LogP contribution in [-0.4, -0.2) is 36.9 Å². The highest BCUT2D eigenvalue weighted by atomic mass is 19.4. The first kappa shape index (κ1) is 23.8. The van der Waals surface area contributed by atoms with Gasteiger partial charge in [0.2, 0.25) is 0 Å². The van der Waals surface area contributed by atoms with Crippen LogP contribution in [0.3, 0.4) is 0 Å². The highest BCUT2D eigenvalue weighted by Crippen LogP contribution is 2.29. The molecule has 0 bridgehead atoms. The molecule has 0 aliphatic carbocycles. The molecule has 2 aromatic rings. The SMILES string of the molecule is COc1cc(OC(F)(F)F)ccc1CNC(=O)c1ccncc1NC(N)=NCC(C)C. The van der Waals surface area contributed by atoms with E-state index in [-0.39, 0.29) is 23.8 Å². The summed E-state index contributed by atoms with van der Waals surface area (Å²) >= 11 is 0. The zero-order valence-corrected chi connectivity index (χ0v) is 17.3. The number of halogens is 3. The Kier molecular flexibility index (Phi) is 8.06. The Morgan fingerprint density at radius 3 is 2.68 bits per heavy atom. The Balaban J connectivity index is 2.10. The normalized spacial score (nSPS) is 11.9. The smallest absolute Gasteiger partial charge is 0.496 e. The Morgan fingerprint density at radius 2 is 2.03 bits per heavy atom. The van der Waals surface area contributed by atoms with Crippen molar-refractivity contribution in [1.82, 2.24) is 10.3 Å². The summed E-state index contributed by atoms with van der Waals surface area (Å²) in [4.78, 5) is 20.8. The summed E-state index contributed by atoms with van der Waals surface area (Å²) < 4.78 is 46.1. The van der Waals surface area contributed by atoms with Crippen LogP contribution in [0.1, 0.15) is 29.8 Å². The number of nitrogens with one attached hydrogen (secondary N) is 2. The molecule has 0 fully saturated rings. The molecule has 11 heteroatoms. The number of methoxy groups -OCH3 is 1. The number of carbonyl (C=O) groups excluding carboxylic acids is 1. The molecule has 0 spiro atoms. The number of aromatic nitrogens is 1. The van der Waals surface area contributed by atoms with Gasteiger partial charge in [-0.3, -0.25) is 14.8 Å². The van der Waals surface area contributed by atoms with Gasteiger partial charge < -0.3 is 25.8 Å². The van der Waals surface area contributed by atoms with E-state index >= 15 is 0 Å². The molecule has 0 saturated heterocycles. The minimum atomic E-state index is -4.81. The maximum Gasteiger partial charge on any atom is 0.573 e. The quantitative estimate of drug-likeness (QED) is 0.430. The molecule has 4 N–H and O–H groups in total. The summed E-state index contributed by atoms with van der Waals surface area (Å²) in [6, 6.07) is 5.12. The fourth-order valence-corrected chi connectivity index (χ4v) is 2.49. The third kappa shape index (κ3) is 7.68. The monoisotopic (exact) mass is 439 g/mol. The second kappa shape index (κ2) is 10.5. The highest BCUT2D eigenvalue weighted by Gasteiger charge is 2.31. The van der Waals surface area contributed by atoms with Gasteiger partial charge in [-0.25, -0.2) is 0 Å². The highest BCUT2D eigenvalue weighted by molar-refractivity contribution is 6.03. The lowest BCUT2D eigenvalue weighted by Gasteiger charge is -2.14. The molecule has 0 aliphatic rings. The molecule has 168 valence electrons. The topological polar surface area (TPSA) is 111 Å². The second-order valence-electron chi connectivity index (χ2n) is 6.87. The number of hydrogen-bond donors (Lipinski definition) is 3. The molecule has 0 saturated carbocycles. The van der Waals surface area contributed by atoms with Gasteiger partial charge in [-0.05, 0) is 24.1 Å². The Morgan fingerprint density at radius 1 is 1.29 bits per heavy atom.